The topological polar surface area (TPSA) is 126 Å². The van der Waals surface area contributed by atoms with E-state index in [9.17, 15) is 24.9 Å². The Hall–Kier alpha value is -2.04. The molecule has 1 aromatic carbocycles. The number of unbranched alkanes of at least 4 members (excludes halogenated alkanes) is 2. The van der Waals surface area contributed by atoms with Crippen LogP contribution in [0.2, 0.25) is 0 Å². The number of carbonyl (C=O) groups excluding carboxylic acids is 2. The highest BCUT2D eigenvalue weighted by Gasteiger charge is 2.44. The van der Waals surface area contributed by atoms with Gasteiger partial charge in [-0.3, -0.25) is 9.59 Å². The van der Waals surface area contributed by atoms with Gasteiger partial charge in [-0.25, -0.2) is 0 Å². The van der Waals surface area contributed by atoms with E-state index in [1.807, 2.05) is 18.2 Å². The second kappa shape index (κ2) is 14.3. The van der Waals surface area contributed by atoms with Crippen molar-refractivity contribution < 1.29 is 39.1 Å². The summed E-state index contributed by atoms with van der Waals surface area (Å²) in [5.74, 6) is -0.429. The van der Waals surface area contributed by atoms with E-state index in [1.54, 1.807) is 4.90 Å². The average Bonchev–Trinajstić information content (AvgIpc) is 2.83. The van der Waals surface area contributed by atoms with Crippen molar-refractivity contribution in [2.45, 2.75) is 75.7 Å². The first-order chi connectivity index (χ1) is 15.9. The van der Waals surface area contributed by atoms with Crippen molar-refractivity contribution in [2.75, 3.05) is 27.3 Å². The molecule has 33 heavy (non-hydrogen) atoms. The molecule has 3 N–H and O–H groups in total. The first kappa shape index (κ1) is 27.2. The van der Waals surface area contributed by atoms with Gasteiger partial charge in [-0.1, -0.05) is 30.3 Å². The zero-order valence-corrected chi connectivity index (χ0v) is 19.5. The fraction of sp³-hybridized carbons (Fsp3) is 0.667. The van der Waals surface area contributed by atoms with E-state index in [4.69, 9.17) is 9.47 Å². The average molecular weight is 468 g/mol. The van der Waals surface area contributed by atoms with Crippen LogP contribution in [0, 0.1) is 0 Å². The Morgan fingerprint density at radius 2 is 1.64 bits per heavy atom. The van der Waals surface area contributed by atoms with Crippen LogP contribution in [0.1, 0.15) is 44.1 Å². The van der Waals surface area contributed by atoms with Crippen LogP contribution in [0.5, 0.6) is 0 Å². The van der Waals surface area contributed by atoms with Gasteiger partial charge >= 0.3 is 5.97 Å². The molecule has 2 rings (SSSR count). The van der Waals surface area contributed by atoms with Crippen molar-refractivity contribution in [3.63, 3.8) is 0 Å². The van der Waals surface area contributed by atoms with Crippen molar-refractivity contribution in [1.29, 1.82) is 0 Å². The molecule has 1 heterocycles. The maximum Gasteiger partial charge on any atom is 0.305 e. The Kier molecular flexibility index (Phi) is 11.8. The molecule has 1 fully saturated rings. The summed E-state index contributed by atoms with van der Waals surface area (Å²) in [5.41, 5.74) is 1.23. The van der Waals surface area contributed by atoms with Crippen LogP contribution in [-0.4, -0.2) is 90.1 Å². The Bertz CT molecular complexity index is 714. The van der Waals surface area contributed by atoms with Gasteiger partial charge in [0.1, 0.15) is 24.4 Å². The van der Waals surface area contributed by atoms with Crippen LogP contribution >= 0.6 is 0 Å². The van der Waals surface area contributed by atoms with Gasteiger partial charge in [-0.15, -0.1) is 0 Å². The molecule has 1 saturated heterocycles. The number of esters is 1. The standard InChI is InChI=1S/C24H37NO8/c1-31-20(27)14-7-6-13-19(26)25(15-9-8-12-17-10-4-3-5-11-17)16-18-21(28)22(29)23(30)24(32-2)33-18/h3-5,10-11,18,21-24,28-30H,6-9,12-16H2,1-2H3/t18-,21-,22+,23-,24+/m1/s1. The van der Waals surface area contributed by atoms with Crippen LogP contribution < -0.4 is 0 Å². The van der Waals surface area contributed by atoms with E-state index in [2.05, 4.69) is 16.9 Å². The summed E-state index contributed by atoms with van der Waals surface area (Å²) in [7, 11) is 2.67. The fourth-order valence-electron chi connectivity index (χ4n) is 3.88. The van der Waals surface area contributed by atoms with Crippen molar-refractivity contribution in [3.8, 4) is 0 Å². The third-order valence-corrected chi connectivity index (χ3v) is 5.89. The maximum atomic E-state index is 12.9. The van der Waals surface area contributed by atoms with Crippen LogP contribution in [0.4, 0.5) is 0 Å². The summed E-state index contributed by atoms with van der Waals surface area (Å²) >= 11 is 0. The van der Waals surface area contributed by atoms with E-state index in [-0.39, 0.29) is 31.3 Å². The second-order valence-corrected chi connectivity index (χ2v) is 8.32. The Balaban J connectivity index is 1.94. The molecule has 0 saturated carbocycles. The third kappa shape index (κ3) is 8.68. The summed E-state index contributed by atoms with van der Waals surface area (Å²) in [6.07, 6.45) is -2.07. The zero-order chi connectivity index (χ0) is 24.2. The Labute approximate surface area is 195 Å². The van der Waals surface area contributed by atoms with Gasteiger partial charge in [0, 0.05) is 33.0 Å². The van der Waals surface area contributed by atoms with Gasteiger partial charge in [0.2, 0.25) is 5.91 Å². The predicted octanol–water partition coefficient (Wildman–Crippen LogP) is 1.03. The summed E-state index contributed by atoms with van der Waals surface area (Å²) in [4.78, 5) is 25.8. The molecule has 1 amide bonds. The Morgan fingerprint density at radius 1 is 0.939 bits per heavy atom. The minimum Gasteiger partial charge on any atom is -0.469 e. The largest absolute Gasteiger partial charge is 0.469 e. The molecule has 0 aromatic heterocycles. The van der Waals surface area contributed by atoms with Crippen molar-refractivity contribution in [3.05, 3.63) is 35.9 Å². The summed E-state index contributed by atoms with van der Waals surface area (Å²) in [6, 6.07) is 10.1. The molecule has 1 aliphatic heterocycles. The normalized spacial score (nSPS) is 24.9. The molecule has 0 bridgehead atoms. The number of rotatable bonds is 13. The number of aliphatic hydroxyl groups excluding tert-OH is 3. The molecular formula is C24H37NO8. The molecule has 9 heteroatoms. The third-order valence-electron chi connectivity index (χ3n) is 5.89. The summed E-state index contributed by atoms with van der Waals surface area (Å²) < 4.78 is 15.3. The van der Waals surface area contributed by atoms with Crippen LogP contribution in [-0.2, 0) is 30.2 Å². The van der Waals surface area contributed by atoms with E-state index in [0.717, 1.165) is 19.3 Å². The lowest BCUT2D eigenvalue weighted by atomic mass is 9.98. The summed E-state index contributed by atoms with van der Waals surface area (Å²) in [6.45, 7) is 0.525. The van der Waals surface area contributed by atoms with Crippen molar-refractivity contribution >= 4 is 11.9 Å². The highest BCUT2D eigenvalue weighted by Crippen LogP contribution is 2.23. The number of ether oxygens (including phenoxy) is 3. The van der Waals surface area contributed by atoms with Gasteiger partial charge in [0.05, 0.1) is 7.11 Å². The number of hydrogen-bond acceptors (Lipinski definition) is 8. The fourth-order valence-corrected chi connectivity index (χ4v) is 3.88. The van der Waals surface area contributed by atoms with E-state index < -0.39 is 30.7 Å². The number of nitrogens with zero attached hydrogens (tertiary/aromatic N) is 1. The first-order valence-electron chi connectivity index (χ1n) is 11.5. The molecule has 1 aromatic rings. The van der Waals surface area contributed by atoms with Crippen molar-refractivity contribution in [2.24, 2.45) is 0 Å². The molecule has 5 atom stereocenters. The molecule has 1 aliphatic rings. The lowest BCUT2D eigenvalue weighted by molar-refractivity contribution is -0.291. The predicted molar refractivity (Wildman–Crippen MR) is 120 cm³/mol. The summed E-state index contributed by atoms with van der Waals surface area (Å²) in [5, 5.41) is 30.5. The second-order valence-electron chi connectivity index (χ2n) is 8.32. The highest BCUT2D eigenvalue weighted by molar-refractivity contribution is 5.76. The quantitative estimate of drug-likeness (QED) is 0.290. The molecule has 0 unspecified atom stereocenters. The van der Waals surface area contributed by atoms with Gasteiger partial charge in [0.25, 0.3) is 0 Å². The number of benzene rings is 1. The van der Waals surface area contributed by atoms with Crippen molar-refractivity contribution in [1.82, 2.24) is 4.90 Å². The van der Waals surface area contributed by atoms with Gasteiger partial charge in [-0.05, 0) is 37.7 Å². The van der Waals surface area contributed by atoms with E-state index >= 15 is 0 Å². The molecule has 0 aliphatic carbocycles. The minimum absolute atomic E-state index is 0.0615. The molecule has 0 spiro atoms. The monoisotopic (exact) mass is 467 g/mol. The number of aryl methyl sites for hydroxylation is 1. The van der Waals surface area contributed by atoms with E-state index in [1.165, 1.54) is 19.8 Å². The number of methoxy groups -OCH3 is 2. The van der Waals surface area contributed by atoms with Gasteiger partial charge < -0.3 is 34.4 Å². The first-order valence-corrected chi connectivity index (χ1v) is 11.5. The van der Waals surface area contributed by atoms with Crippen LogP contribution in [0.3, 0.4) is 0 Å². The number of amides is 1. The molecule has 9 nitrogen and oxygen atoms in total. The van der Waals surface area contributed by atoms with Crippen LogP contribution in [0.15, 0.2) is 30.3 Å². The SMILES string of the molecule is COC(=O)CCCCC(=O)N(CCCCc1ccccc1)C[C@H]1O[C@H](OC)[C@H](O)[C@@H](O)[C@@H]1O. The van der Waals surface area contributed by atoms with Gasteiger partial charge in [0.15, 0.2) is 6.29 Å². The van der Waals surface area contributed by atoms with Crippen LogP contribution in [0.25, 0.3) is 0 Å². The lowest BCUT2D eigenvalue weighted by Gasteiger charge is -2.41. The Morgan fingerprint density at radius 3 is 2.30 bits per heavy atom. The number of aliphatic hydroxyl groups is 3. The molecule has 186 valence electrons. The van der Waals surface area contributed by atoms with E-state index in [0.29, 0.717) is 19.4 Å². The zero-order valence-electron chi connectivity index (χ0n) is 19.5. The molecule has 0 radical (unpaired) electrons. The minimum atomic E-state index is -1.44. The lowest BCUT2D eigenvalue weighted by Crippen LogP contribution is -2.60. The smallest absolute Gasteiger partial charge is 0.305 e. The number of hydrogen-bond donors (Lipinski definition) is 3. The maximum absolute atomic E-state index is 12.9. The van der Waals surface area contributed by atoms with Gasteiger partial charge in [-0.2, -0.15) is 0 Å². The number of carbonyl (C=O) groups is 2. The molecular weight excluding hydrogens is 430 g/mol. The highest BCUT2D eigenvalue weighted by atomic mass is 16.7.